The summed E-state index contributed by atoms with van der Waals surface area (Å²) in [6, 6.07) is 0. The van der Waals surface area contributed by atoms with E-state index in [0.29, 0.717) is 11.3 Å². The molecule has 2 heterocycles. The van der Waals surface area contributed by atoms with Crippen LogP contribution >= 0.6 is 0 Å². The molecule has 0 unspecified atom stereocenters. The summed E-state index contributed by atoms with van der Waals surface area (Å²) < 4.78 is 0. The summed E-state index contributed by atoms with van der Waals surface area (Å²) in [5.41, 5.74) is 2.16. The van der Waals surface area contributed by atoms with Gasteiger partial charge in [-0.05, 0) is 38.4 Å². The Hall–Kier alpha value is -1.13. The Balaban J connectivity index is 2.15. The molecule has 2 N–H and O–H groups in total. The molecule has 0 saturated carbocycles. The Morgan fingerprint density at radius 1 is 1.22 bits per heavy atom. The molecule has 1 aromatic rings. The SMILES string of the molecule is Cc1ncc(CN2CCCCCC2)c(CO)c1O. The Morgan fingerprint density at radius 2 is 1.89 bits per heavy atom. The van der Waals surface area contributed by atoms with E-state index >= 15 is 0 Å². The summed E-state index contributed by atoms with van der Waals surface area (Å²) in [4.78, 5) is 6.58. The summed E-state index contributed by atoms with van der Waals surface area (Å²) in [7, 11) is 0. The van der Waals surface area contributed by atoms with Crippen molar-refractivity contribution >= 4 is 0 Å². The molecule has 0 aromatic carbocycles. The van der Waals surface area contributed by atoms with Crippen molar-refractivity contribution in [3.8, 4) is 5.75 Å². The third-order valence-corrected chi connectivity index (χ3v) is 3.68. The van der Waals surface area contributed by atoms with Crippen LogP contribution < -0.4 is 0 Å². The number of hydrogen-bond donors (Lipinski definition) is 2. The summed E-state index contributed by atoms with van der Waals surface area (Å²) >= 11 is 0. The average molecular weight is 250 g/mol. The van der Waals surface area contributed by atoms with Crippen LogP contribution in [0.1, 0.15) is 42.5 Å². The molecule has 0 atom stereocenters. The van der Waals surface area contributed by atoms with Crippen LogP contribution in [0.25, 0.3) is 0 Å². The fourth-order valence-electron chi connectivity index (χ4n) is 2.53. The van der Waals surface area contributed by atoms with Gasteiger partial charge in [0.2, 0.25) is 0 Å². The van der Waals surface area contributed by atoms with Crippen LogP contribution in [-0.2, 0) is 13.2 Å². The van der Waals surface area contributed by atoms with Gasteiger partial charge < -0.3 is 10.2 Å². The van der Waals surface area contributed by atoms with E-state index in [-0.39, 0.29) is 12.4 Å². The number of hydrogen-bond acceptors (Lipinski definition) is 4. The molecule has 1 saturated heterocycles. The van der Waals surface area contributed by atoms with E-state index in [4.69, 9.17) is 0 Å². The first-order valence-electron chi connectivity index (χ1n) is 6.72. The second-order valence-corrected chi connectivity index (χ2v) is 5.04. The molecule has 2 rings (SSSR count). The summed E-state index contributed by atoms with van der Waals surface area (Å²) in [6.07, 6.45) is 6.87. The van der Waals surface area contributed by atoms with Gasteiger partial charge in [0.25, 0.3) is 0 Å². The molecule has 4 heteroatoms. The highest BCUT2D eigenvalue weighted by Gasteiger charge is 2.15. The van der Waals surface area contributed by atoms with Crippen molar-refractivity contribution in [3.05, 3.63) is 23.0 Å². The van der Waals surface area contributed by atoms with Crippen molar-refractivity contribution in [2.24, 2.45) is 0 Å². The number of pyridine rings is 1. The largest absolute Gasteiger partial charge is 0.506 e. The lowest BCUT2D eigenvalue weighted by Crippen LogP contribution is -2.24. The van der Waals surface area contributed by atoms with Gasteiger partial charge in [0.1, 0.15) is 5.75 Å². The average Bonchev–Trinajstić information content (AvgIpc) is 2.63. The van der Waals surface area contributed by atoms with Gasteiger partial charge in [-0.15, -0.1) is 0 Å². The Kier molecular flexibility index (Phi) is 4.55. The Morgan fingerprint density at radius 3 is 2.50 bits per heavy atom. The lowest BCUT2D eigenvalue weighted by molar-refractivity contribution is 0.256. The maximum absolute atomic E-state index is 9.92. The highest BCUT2D eigenvalue weighted by molar-refractivity contribution is 5.40. The number of aromatic hydroxyl groups is 1. The first-order chi connectivity index (χ1) is 8.72. The maximum atomic E-state index is 9.92. The van der Waals surface area contributed by atoms with Crippen molar-refractivity contribution < 1.29 is 10.2 Å². The van der Waals surface area contributed by atoms with Gasteiger partial charge in [0.05, 0.1) is 12.3 Å². The molecule has 0 spiro atoms. The number of aryl methyl sites for hydroxylation is 1. The minimum atomic E-state index is -0.127. The predicted molar refractivity (Wildman–Crippen MR) is 70.3 cm³/mol. The van der Waals surface area contributed by atoms with Crippen LogP contribution in [0.15, 0.2) is 6.20 Å². The lowest BCUT2D eigenvalue weighted by Gasteiger charge is -2.21. The standard InChI is InChI=1S/C14H22N2O2/c1-11-14(18)13(10-17)12(8-15-11)9-16-6-4-2-3-5-7-16/h8,17-18H,2-7,9-10H2,1H3. The summed E-state index contributed by atoms with van der Waals surface area (Å²) in [6.45, 7) is 4.60. The van der Waals surface area contributed by atoms with Crippen LogP contribution in [0.3, 0.4) is 0 Å². The monoisotopic (exact) mass is 250 g/mol. The zero-order valence-electron chi connectivity index (χ0n) is 11.0. The highest BCUT2D eigenvalue weighted by atomic mass is 16.3. The van der Waals surface area contributed by atoms with Gasteiger partial charge in [-0.3, -0.25) is 9.88 Å². The third kappa shape index (κ3) is 3.00. The maximum Gasteiger partial charge on any atom is 0.142 e. The summed E-state index contributed by atoms with van der Waals surface area (Å²) in [5, 5.41) is 19.3. The van der Waals surface area contributed by atoms with Gasteiger partial charge >= 0.3 is 0 Å². The van der Waals surface area contributed by atoms with Crippen molar-refractivity contribution in [2.75, 3.05) is 13.1 Å². The van der Waals surface area contributed by atoms with Gasteiger partial charge in [-0.2, -0.15) is 0 Å². The molecule has 1 aliphatic heterocycles. The smallest absolute Gasteiger partial charge is 0.142 e. The first kappa shape index (κ1) is 13.3. The first-order valence-corrected chi connectivity index (χ1v) is 6.72. The van der Waals surface area contributed by atoms with Gasteiger partial charge in [-0.1, -0.05) is 12.8 Å². The number of nitrogens with zero attached hydrogens (tertiary/aromatic N) is 2. The molecule has 18 heavy (non-hydrogen) atoms. The Labute approximate surface area is 108 Å². The molecule has 1 fully saturated rings. The Bertz CT molecular complexity index is 399. The number of aromatic nitrogens is 1. The van der Waals surface area contributed by atoms with Crippen molar-refractivity contribution in [2.45, 2.75) is 45.8 Å². The molecular weight excluding hydrogens is 228 g/mol. The highest BCUT2D eigenvalue weighted by Crippen LogP contribution is 2.25. The molecule has 1 aliphatic rings. The molecular formula is C14H22N2O2. The van der Waals surface area contributed by atoms with E-state index < -0.39 is 0 Å². The van der Waals surface area contributed by atoms with Crippen molar-refractivity contribution in [3.63, 3.8) is 0 Å². The number of rotatable bonds is 3. The second kappa shape index (κ2) is 6.16. The van der Waals surface area contributed by atoms with Crippen LogP contribution in [0.5, 0.6) is 5.75 Å². The molecule has 0 bridgehead atoms. The molecule has 0 amide bonds. The van der Waals surface area contributed by atoms with Crippen LogP contribution in [0.2, 0.25) is 0 Å². The molecule has 0 aliphatic carbocycles. The van der Waals surface area contributed by atoms with E-state index in [0.717, 1.165) is 25.2 Å². The van der Waals surface area contributed by atoms with Crippen LogP contribution in [0, 0.1) is 6.92 Å². The zero-order chi connectivity index (χ0) is 13.0. The quantitative estimate of drug-likeness (QED) is 0.861. The normalized spacial score (nSPS) is 17.7. The number of aliphatic hydroxyl groups is 1. The van der Waals surface area contributed by atoms with Gasteiger partial charge in [-0.25, -0.2) is 0 Å². The number of aliphatic hydroxyl groups excluding tert-OH is 1. The minimum Gasteiger partial charge on any atom is -0.506 e. The molecule has 4 nitrogen and oxygen atoms in total. The lowest BCUT2D eigenvalue weighted by atomic mass is 10.1. The van der Waals surface area contributed by atoms with Crippen molar-refractivity contribution in [1.82, 2.24) is 9.88 Å². The summed E-state index contributed by atoms with van der Waals surface area (Å²) in [5.74, 6) is 0.143. The van der Waals surface area contributed by atoms with E-state index in [1.165, 1.54) is 25.7 Å². The fourth-order valence-corrected chi connectivity index (χ4v) is 2.53. The van der Waals surface area contributed by atoms with E-state index in [2.05, 4.69) is 9.88 Å². The minimum absolute atomic E-state index is 0.127. The van der Waals surface area contributed by atoms with E-state index in [9.17, 15) is 10.2 Å². The fraction of sp³-hybridized carbons (Fsp3) is 0.643. The van der Waals surface area contributed by atoms with Crippen LogP contribution in [-0.4, -0.2) is 33.2 Å². The zero-order valence-corrected chi connectivity index (χ0v) is 11.0. The number of likely N-dealkylation sites (tertiary alicyclic amines) is 1. The van der Waals surface area contributed by atoms with E-state index in [1.807, 2.05) is 0 Å². The third-order valence-electron chi connectivity index (χ3n) is 3.68. The van der Waals surface area contributed by atoms with Crippen LogP contribution in [0.4, 0.5) is 0 Å². The molecule has 1 aromatic heterocycles. The molecule has 100 valence electrons. The van der Waals surface area contributed by atoms with Gasteiger partial charge in [0, 0.05) is 18.3 Å². The predicted octanol–water partition coefficient (Wildman–Crippen LogP) is 1.96. The topological polar surface area (TPSA) is 56.6 Å². The molecule has 0 radical (unpaired) electrons. The van der Waals surface area contributed by atoms with Gasteiger partial charge in [0.15, 0.2) is 0 Å². The van der Waals surface area contributed by atoms with E-state index in [1.54, 1.807) is 13.1 Å². The second-order valence-electron chi connectivity index (χ2n) is 5.04. The van der Waals surface area contributed by atoms with Crippen molar-refractivity contribution in [1.29, 1.82) is 0 Å².